The van der Waals surface area contributed by atoms with E-state index in [1.807, 2.05) is 6.07 Å². The largest absolute Gasteiger partial charge is 0.497 e. The first-order chi connectivity index (χ1) is 13.0. The van der Waals surface area contributed by atoms with Gasteiger partial charge in [0.1, 0.15) is 17.4 Å². The number of rotatable bonds is 8. The zero-order valence-electron chi connectivity index (χ0n) is 16.0. The number of methoxy groups -OCH3 is 1. The molecular formula is C21H25N3O3. The second-order valence-electron chi connectivity index (χ2n) is 6.32. The number of hydrogen-bond acceptors (Lipinski definition) is 5. The Labute approximate surface area is 159 Å². The van der Waals surface area contributed by atoms with Gasteiger partial charge in [-0.25, -0.2) is 0 Å². The van der Waals surface area contributed by atoms with Crippen LogP contribution in [0.2, 0.25) is 0 Å². The molecule has 0 bridgehead atoms. The van der Waals surface area contributed by atoms with Gasteiger partial charge in [0.2, 0.25) is 5.88 Å². The van der Waals surface area contributed by atoms with E-state index in [1.165, 1.54) is 10.8 Å². The quantitative estimate of drug-likeness (QED) is 0.563. The highest BCUT2D eigenvalue weighted by Gasteiger charge is 2.17. The number of ether oxygens (including phenoxy) is 1. The molecule has 27 heavy (non-hydrogen) atoms. The van der Waals surface area contributed by atoms with Crippen molar-refractivity contribution in [2.75, 3.05) is 7.11 Å². The fourth-order valence-corrected chi connectivity index (χ4v) is 2.84. The minimum atomic E-state index is -0.453. The van der Waals surface area contributed by atoms with Gasteiger partial charge < -0.3 is 9.84 Å². The maximum absolute atomic E-state index is 12.5. The van der Waals surface area contributed by atoms with Gasteiger partial charge in [-0.15, -0.1) is 0 Å². The molecule has 142 valence electrons. The molecule has 0 fully saturated rings. The number of nitriles is 1. The highest BCUT2D eigenvalue weighted by atomic mass is 16.5. The van der Waals surface area contributed by atoms with Crippen LogP contribution in [0.1, 0.15) is 49.3 Å². The van der Waals surface area contributed by atoms with Crippen molar-refractivity contribution in [3.63, 3.8) is 0 Å². The van der Waals surface area contributed by atoms with Crippen LogP contribution >= 0.6 is 0 Å². The molecule has 0 atom stereocenters. The third-order valence-electron chi connectivity index (χ3n) is 4.50. The molecule has 2 rings (SSSR count). The molecule has 1 N–H and O–H groups in total. The van der Waals surface area contributed by atoms with E-state index >= 15 is 0 Å². The van der Waals surface area contributed by atoms with Crippen molar-refractivity contribution in [2.45, 2.75) is 46.1 Å². The van der Waals surface area contributed by atoms with Crippen LogP contribution in [0, 0.1) is 18.3 Å². The van der Waals surface area contributed by atoms with Crippen LogP contribution in [0.3, 0.4) is 0 Å². The highest BCUT2D eigenvalue weighted by molar-refractivity contribution is 5.87. The third-order valence-corrected chi connectivity index (χ3v) is 4.50. The number of aliphatic imine (C=N–C) groups is 1. The zero-order valence-corrected chi connectivity index (χ0v) is 16.0. The molecular weight excluding hydrogens is 342 g/mol. The summed E-state index contributed by atoms with van der Waals surface area (Å²) in [5.41, 5.74) is 1.08. The predicted octanol–water partition coefficient (Wildman–Crippen LogP) is 4.07. The summed E-state index contributed by atoms with van der Waals surface area (Å²) in [5.74, 6) is 0.575. The summed E-state index contributed by atoms with van der Waals surface area (Å²) in [6.07, 6.45) is 5.38. The zero-order chi connectivity index (χ0) is 19.8. The summed E-state index contributed by atoms with van der Waals surface area (Å²) < 4.78 is 6.39. The fraction of sp³-hybridized carbons (Fsp3) is 0.381. The van der Waals surface area contributed by atoms with Gasteiger partial charge in [-0.05, 0) is 43.2 Å². The van der Waals surface area contributed by atoms with Gasteiger partial charge in [0.15, 0.2) is 0 Å². The third kappa shape index (κ3) is 4.76. The second-order valence-corrected chi connectivity index (χ2v) is 6.32. The van der Waals surface area contributed by atoms with Gasteiger partial charge in [-0.2, -0.15) is 5.26 Å². The molecule has 0 unspecified atom stereocenters. The number of aromatic hydroxyl groups is 1. The average Bonchev–Trinajstić information content (AvgIpc) is 2.68. The Morgan fingerprint density at radius 3 is 2.56 bits per heavy atom. The molecule has 6 nitrogen and oxygen atoms in total. The van der Waals surface area contributed by atoms with Crippen LogP contribution in [0.5, 0.6) is 11.6 Å². The van der Waals surface area contributed by atoms with Gasteiger partial charge in [-0.1, -0.05) is 26.2 Å². The molecule has 0 aliphatic rings. The van der Waals surface area contributed by atoms with Gasteiger partial charge in [0.25, 0.3) is 5.56 Å². The van der Waals surface area contributed by atoms with Crippen molar-refractivity contribution in [1.82, 2.24) is 4.57 Å². The Hall–Kier alpha value is -3.07. The normalized spacial score (nSPS) is 10.9. The fourth-order valence-electron chi connectivity index (χ4n) is 2.84. The summed E-state index contributed by atoms with van der Waals surface area (Å²) in [6.45, 7) is 4.14. The minimum Gasteiger partial charge on any atom is -0.497 e. The molecule has 6 heteroatoms. The number of pyridine rings is 1. The first-order valence-electron chi connectivity index (χ1n) is 9.08. The summed E-state index contributed by atoms with van der Waals surface area (Å²) >= 11 is 0. The minimum absolute atomic E-state index is 0.0412. The van der Waals surface area contributed by atoms with Crippen molar-refractivity contribution in [2.24, 2.45) is 4.99 Å². The summed E-state index contributed by atoms with van der Waals surface area (Å²) in [6, 6.07) is 9.11. The van der Waals surface area contributed by atoms with Crippen LogP contribution in [-0.2, 0) is 6.54 Å². The molecule has 1 aromatic heterocycles. The van der Waals surface area contributed by atoms with Gasteiger partial charge in [0.05, 0.1) is 18.4 Å². The Balaban J connectivity index is 2.40. The Bertz CT molecular complexity index is 906. The molecule has 0 radical (unpaired) electrons. The number of nitrogens with zero attached hydrogens (tertiary/aromatic N) is 3. The molecule has 0 aliphatic carbocycles. The van der Waals surface area contributed by atoms with E-state index in [4.69, 9.17) is 4.74 Å². The lowest BCUT2D eigenvalue weighted by Crippen LogP contribution is -2.25. The van der Waals surface area contributed by atoms with E-state index < -0.39 is 5.56 Å². The molecule has 0 aliphatic heterocycles. The monoisotopic (exact) mass is 367 g/mol. The first-order valence-corrected chi connectivity index (χ1v) is 9.08. The summed E-state index contributed by atoms with van der Waals surface area (Å²) in [7, 11) is 1.59. The smallest absolute Gasteiger partial charge is 0.271 e. The lowest BCUT2D eigenvalue weighted by Gasteiger charge is -2.14. The van der Waals surface area contributed by atoms with E-state index in [-0.39, 0.29) is 11.4 Å². The van der Waals surface area contributed by atoms with E-state index in [0.717, 1.165) is 31.4 Å². The molecule has 2 aromatic rings. The number of hydrogen-bond donors (Lipinski definition) is 1. The topological polar surface area (TPSA) is 87.6 Å². The van der Waals surface area contributed by atoms with Crippen LogP contribution in [-0.4, -0.2) is 23.0 Å². The van der Waals surface area contributed by atoms with E-state index in [1.54, 1.807) is 38.3 Å². The summed E-state index contributed by atoms with van der Waals surface area (Å²) in [5, 5.41) is 20.0. The number of aromatic nitrogens is 1. The molecule has 1 heterocycles. The van der Waals surface area contributed by atoms with Crippen LogP contribution in [0.25, 0.3) is 0 Å². The molecule has 1 aromatic carbocycles. The Morgan fingerprint density at radius 2 is 1.96 bits per heavy atom. The lowest BCUT2D eigenvalue weighted by atomic mass is 10.1. The molecule has 0 amide bonds. The second kappa shape index (κ2) is 9.58. The van der Waals surface area contributed by atoms with Crippen molar-refractivity contribution in [1.29, 1.82) is 5.26 Å². The van der Waals surface area contributed by atoms with Crippen LogP contribution in [0.4, 0.5) is 5.69 Å². The van der Waals surface area contributed by atoms with E-state index in [9.17, 15) is 15.2 Å². The standard InChI is InChI=1S/C21H25N3O3/c1-4-5-6-7-12-24-20(25)18(13-22)15(2)19(21(24)26)14-23-16-8-10-17(27-3)11-9-16/h8-11,14,26H,4-7,12H2,1-3H3. The van der Waals surface area contributed by atoms with E-state index in [2.05, 4.69) is 11.9 Å². The Kier molecular flexibility index (Phi) is 7.18. The van der Waals surface area contributed by atoms with E-state index in [0.29, 0.717) is 23.4 Å². The van der Waals surface area contributed by atoms with Crippen molar-refractivity contribution < 1.29 is 9.84 Å². The SMILES string of the molecule is CCCCCCn1c(O)c(C=Nc2ccc(OC)cc2)c(C)c(C#N)c1=O. The van der Waals surface area contributed by atoms with Crippen molar-refractivity contribution in [3.8, 4) is 17.7 Å². The summed E-state index contributed by atoms with van der Waals surface area (Å²) in [4.78, 5) is 16.9. The van der Waals surface area contributed by atoms with Crippen LogP contribution in [0.15, 0.2) is 34.1 Å². The van der Waals surface area contributed by atoms with Gasteiger partial charge >= 0.3 is 0 Å². The maximum atomic E-state index is 12.5. The van der Waals surface area contributed by atoms with Crippen LogP contribution < -0.4 is 10.3 Å². The van der Waals surface area contributed by atoms with Gasteiger partial charge in [0, 0.05) is 12.8 Å². The maximum Gasteiger partial charge on any atom is 0.271 e. The number of unbranched alkanes of at least 4 members (excludes halogenated alkanes) is 3. The predicted molar refractivity (Wildman–Crippen MR) is 106 cm³/mol. The number of benzene rings is 1. The first kappa shape index (κ1) is 20.2. The molecule has 0 saturated heterocycles. The lowest BCUT2D eigenvalue weighted by molar-refractivity contribution is 0.397. The Morgan fingerprint density at radius 1 is 1.26 bits per heavy atom. The molecule has 0 saturated carbocycles. The van der Waals surface area contributed by atoms with Crippen molar-refractivity contribution >= 4 is 11.9 Å². The van der Waals surface area contributed by atoms with Gasteiger partial charge in [-0.3, -0.25) is 14.4 Å². The highest BCUT2D eigenvalue weighted by Crippen LogP contribution is 2.23. The molecule has 0 spiro atoms. The van der Waals surface area contributed by atoms with Crippen molar-refractivity contribution in [3.05, 3.63) is 51.3 Å². The average molecular weight is 367 g/mol.